The summed E-state index contributed by atoms with van der Waals surface area (Å²) in [5, 5.41) is 0. The van der Waals surface area contributed by atoms with E-state index in [0.717, 1.165) is 17.3 Å². The number of unbranched alkanes of at least 4 members (excludes halogenated alkanes) is 5. The third-order valence-corrected chi connectivity index (χ3v) is 4.90. The number of benzene rings is 1. The Labute approximate surface area is 177 Å². The van der Waals surface area contributed by atoms with Gasteiger partial charge in [-0.1, -0.05) is 55.0 Å². The lowest BCUT2D eigenvalue weighted by Crippen LogP contribution is -2.15. The minimum atomic E-state index is -0.395. The van der Waals surface area contributed by atoms with Crippen LogP contribution in [0, 0.1) is 0 Å². The van der Waals surface area contributed by atoms with Crippen molar-refractivity contribution in [1.82, 2.24) is 0 Å². The number of ether oxygens (including phenoxy) is 3. The summed E-state index contributed by atoms with van der Waals surface area (Å²) in [6.07, 6.45) is 8.94. The third kappa shape index (κ3) is 10.7. The van der Waals surface area contributed by atoms with Gasteiger partial charge in [0.1, 0.15) is 0 Å². The van der Waals surface area contributed by atoms with E-state index in [2.05, 4.69) is 22.9 Å². The maximum Gasteiger partial charge on any atom is 0.311 e. The van der Waals surface area contributed by atoms with Crippen LogP contribution in [0.3, 0.4) is 0 Å². The molecule has 0 saturated carbocycles. The number of hydrogen-bond acceptors (Lipinski definition) is 5. The Morgan fingerprint density at radius 2 is 1.64 bits per heavy atom. The molecular weight excluding hydrogens is 424 g/mol. The van der Waals surface area contributed by atoms with Crippen molar-refractivity contribution in [2.45, 2.75) is 84.2 Å². The predicted molar refractivity (Wildman–Crippen MR) is 114 cm³/mol. The molecule has 1 aromatic rings. The SMILES string of the molecule is CCCCCCCCC(C)OC(=O)CCCC(=O)Oc1ccc(Br)cc1OC. The van der Waals surface area contributed by atoms with Crippen LogP contribution in [0.2, 0.25) is 0 Å². The van der Waals surface area contributed by atoms with E-state index in [1.165, 1.54) is 39.2 Å². The van der Waals surface area contributed by atoms with Crippen LogP contribution >= 0.6 is 15.9 Å². The average Bonchev–Trinajstić information content (AvgIpc) is 2.65. The minimum Gasteiger partial charge on any atom is -0.493 e. The zero-order valence-corrected chi connectivity index (χ0v) is 18.9. The highest BCUT2D eigenvalue weighted by molar-refractivity contribution is 9.10. The molecule has 5 nitrogen and oxygen atoms in total. The van der Waals surface area contributed by atoms with Gasteiger partial charge in [0, 0.05) is 17.3 Å². The molecule has 1 aromatic carbocycles. The Balaban J connectivity index is 2.19. The van der Waals surface area contributed by atoms with E-state index in [1.54, 1.807) is 18.2 Å². The van der Waals surface area contributed by atoms with Gasteiger partial charge in [-0.2, -0.15) is 0 Å². The first-order valence-corrected chi connectivity index (χ1v) is 11.0. The summed E-state index contributed by atoms with van der Waals surface area (Å²) in [5.41, 5.74) is 0. The Morgan fingerprint density at radius 3 is 2.36 bits per heavy atom. The van der Waals surface area contributed by atoms with Gasteiger partial charge in [-0.25, -0.2) is 0 Å². The molecule has 1 rings (SSSR count). The Hall–Kier alpha value is -1.56. The van der Waals surface area contributed by atoms with Crippen LogP contribution in [-0.4, -0.2) is 25.2 Å². The maximum absolute atomic E-state index is 12.0. The van der Waals surface area contributed by atoms with Crippen LogP contribution in [-0.2, 0) is 14.3 Å². The van der Waals surface area contributed by atoms with Crippen LogP contribution in [0.4, 0.5) is 0 Å². The van der Waals surface area contributed by atoms with Gasteiger partial charge >= 0.3 is 11.9 Å². The van der Waals surface area contributed by atoms with Crippen molar-refractivity contribution in [1.29, 1.82) is 0 Å². The standard InChI is InChI=1S/C22H33BrO5/c1-4-5-6-7-8-9-11-17(2)27-21(24)12-10-13-22(25)28-19-15-14-18(23)16-20(19)26-3/h14-17H,4-13H2,1-3H3. The van der Waals surface area contributed by atoms with E-state index < -0.39 is 5.97 Å². The summed E-state index contributed by atoms with van der Waals surface area (Å²) in [6, 6.07) is 5.16. The summed E-state index contributed by atoms with van der Waals surface area (Å²) >= 11 is 3.34. The summed E-state index contributed by atoms with van der Waals surface area (Å²) in [6.45, 7) is 4.14. The highest BCUT2D eigenvalue weighted by atomic mass is 79.9. The van der Waals surface area contributed by atoms with Gasteiger partial charge < -0.3 is 14.2 Å². The van der Waals surface area contributed by atoms with E-state index in [4.69, 9.17) is 14.2 Å². The summed E-state index contributed by atoms with van der Waals surface area (Å²) in [7, 11) is 1.52. The summed E-state index contributed by atoms with van der Waals surface area (Å²) in [4.78, 5) is 23.9. The van der Waals surface area contributed by atoms with Crippen LogP contribution in [0.25, 0.3) is 0 Å². The molecule has 0 bridgehead atoms. The molecule has 158 valence electrons. The Morgan fingerprint density at radius 1 is 0.964 bits per heavy atom. The van der Waals surface area contributed by atoms with Crippen molar-refractivity contribution in [2.24, 2.45) is 0 Å². The minimum absolute atomic E-state index is 0.0716. The molecule has 0 radical (unpaired) electrons. The lowest BCUT2D eigenvalue weighted by Gasteiger charge is -2.13. The Bertz CT molecular complexity index is 603. The van der Waals surface area contributed by atoms with Gasteiger partial charge in [0.25, 0.3) is 0 Å². The molecule has 0 N–H and O–H groups in total. The average molecular weight is 457 g/mol. The van der Waals surface area contributed by atoms with Crippen molar-refractivity contribution in [3.63, 3.8) is 0 Å². The molecule has 0 fully saturated rings. The monoisotopic (exact) mass is 456 g/mol. The molecule has 1 atom stereocenters. The quantitative estimate of drug-likeness (QED) is 0.189. The lowest BCUT2D eigenvalue weighted by atomic mass is 10.1. The van der Waals surface area contributed by atoms with E-state index in [0.29, 0.717) is 17.9 Å². The zero-order chi connectivity index (χ0) is 20.8. The molecule has 0 spiro atoms. The fourth-order valence-corrected chi connectivity index (χ4v) is 3.17. The molecule has 28 heavy (non-hydrogen) atoms. The van der Waals surface area contributed by atoms with Gasteiger partial charge in [-0.15, -0.1) is 0 Å². The van der Waals surface area contributed by atoms with E-state index in [-0.39, 0.29) is 24.9 Å². The topological polar surface area (TPSA) is 61.8 Å². The normalized spacial score (nSPS) is 11.7. The van der Waals surface area contributed by atoms with E-state index >= 15 is 0 Å². The fourth-order valence-electron chi connectivity index (χ4n) is 2.83. The molecule has 6 heteroatoms. The lowest BCUT2D eigenvalue weighted by molar-refractivity contribution is -0.148. The van der Waals surface area contributed by atoms with Crippen LogP contribution in [0.5, 0.6) is 11.5 Å². The number of methoxy groups -OCH3 is 1. The smallest absolute Gasteiger partial charge is 0.311 e. The van der Waals surface area contributed by atoms with Crippen LogP contribution in [0.1, 0.15) is 78.1 Å². The summed E-state index contributed by atoms with van der Waals surface area (Å²) < 4.78 is 16.7. The maximum atomic E-state index is 12.0. The molecular formula is C22H33BrO5. The molecule has 0 heterocycles. The van der Waals surface area contributed by atoms with Gasteiger partial charge in [0.15, 0.2) is 11.5 Å². The largest absolute Gasteiger partial charge is 0.493 e. The number of halogens is 1. The van der Waals surface area contributed by atoms with Crippen molar-refractivity contribution >= 4 is 27.9 Å². The Kier molecular flexibility index (Phi) is 12.6. The second kappa shape index (κ2) is 14.4. The first-order chi connectivity index (χ1) is 13.5. The van der Waals surface area contributed by atoms with E-state index in [1.807, 2.05) is 6.92 Å². The van der Waals surface area contributed by atoms with Crippen molar-refractivity contribution in [2.75, 3.05) is 7.11 Å². The molecule has 1 unspecified atom stereocenters. The highest BCUT2D eigenvalue weighted by Gasteiger charge is 2.13. The van der Waals surface area contributed by atoms with Gasteiger partial charge in [-0.05, 0) is 44.4 Å². The molecule has 0 aliphatic carbocycles. The summed E-state index contributed by atoms with van der Waals surface area (Å²) in [5.74, 6) is 0.192. The number of hydrogen-bond donors (Lipinski definition) is 0. The first-order valence-electron chi connectivity index (χ1n) is 10.2. The second-order valence-electron chi connectivity index (χ2n) is 6.98. The molecule has 0 aliphatic rings. The fraction of sp³-hybridized carbons (Fsp3) is 0.636. The third-order valence-electron chi connectivity index (χ3n) is 4.41. The number of carbonyl (C=O) groups excluding carboxylic acids is 2. The number of carbonyl (C=O) groups is 2. The zero-order valence-electron chi connectivity index (χ0n) is 17.3. The van der Waals surface area contributed by atoms with Gasteiger partial charge in [0.2, 0.25) is 0 Å². The predicted octanol–water partition coefficient (Wildman–Crippen LogP) is 6.22. The van der Waals surface area contributed by atoms with Crippen LogP contribution < -0.4 is 9.47 Å². The molecule has 0 amide bonds. The van der Waals surface area contributed by atoms with Crippen molar-refractivity contribution in [3.05, 3.63) is 22.7 Å². The molecule has 0 aromatic heterocycles. The number of esters is 2. The van der Waals surface area contributed by atoms with Crippen LogP contribution in [0.15, 0.2) is 22.7 Å². The first kappa shape index (κ1) is 24.5. The van der Waals surface area contributed by atoms with Crippen molar-refractivity contribution < 1.29 is 23.8 Å². The highest BCUT2D eigenvalue weighted by Crippen LogP contribution is 2.30. The van der Waals surface area contributed by atoms with Gasteiger partial charge in [-0.3, -0.25) is 9.59 Å². The van der Waals surface area contributed by atoms with Crippen molar-refractivity contribution in [3.8, 4) is 11.5 Å². The molecule has 0 saturated heterocycles. The van der Waals surface area contributed by atoms with E-state index in [9.17, 15) is 9.59 Å². The number of rotatable bonds is 14. The van der Waals surface area contributed by atoms with Gasteiger partial charge in [0.05, 0.1) is 13.2 Å². The second-order valence-corrected chi connectivity index (χ2v) is 7.90. The molecule has 0 aliphatic heterocycles.